The minimum atomic E-state index is 0.538. The van der Waals surface area contributed by atoms with Crippen molar-refractivity contribution in [3.8, 4) is 10.6 Å². The number of rotatable bonds is 3. The molecule has 1 fully saturated rings. The molecule has 0 amide bonds. The second-order valence-corrected chi connectivity index (χ2v) is 5.57. The molecule has 18 heavy (non-hydrogen) atoms. The van der Waals surface area contributed by atoms with E-state index in [2.05, 4.69) is 33.6 Å². The summed E-state index contributed by atoms with van der Waals surface area (Å²) in [6.07, 6.45) is 1.83. The van der Waals surface area contributed by atoms with Crippen LogP contribution < -0.4 is 5.32 Å². The molecule has 4 nitrogen and oxygen atoms in total. The van der Waals surface area contributed by atoms with Crippen LogP contribution in [0.25, 0.3) is 10.6 Å². The second kappa shape index (κ2) is 5.22. The van der Waals surface area contributed by atoms with Gasteiger partial charge in [0.15, 0.2) is 5.76 Å². The zero-order chi connectivity index (χ0) is 12.4. The molecule has 0 aliphatic carbocycles. The van der Waals surface area contributed by atoms with Gasteiger partial charge in [0.1, 0.15) is 0 Å². The topological polar surface area (TPSA) is 41.3 Å². The number of hydrogen-bond donors (Lipinski definition) is 1. The first-order valence-electron chi connectivity index (χ1n) is 6.26. The van der Waals surface area contributed by atoms with Gasteiger partial charge in [-0.2, -0.15) is 0 Å². The SMILES string of the molecule is C[C@@H]1CNCCN1Cc1ncc(-c2cccs2)o1. The van der Waals surface area contributed by atoms with Gasteiger partial charge < -0.3 is 9.73 Å². The maximum atomic E-state index is 5.82. The van der Waals surface area contributed by atoms with Crippen molar-refractivity contribution in [3.05, 3.63) is 29.6 Å². The zero-order valence-electron chi connectivity index (χ0n) is 10.4. The quantitative estimate of drug-likeness (QED) is 0.921. The highest BCUT2D eigenvalue weighted by atomic mass is 32.1. The van der Waals surface area contributed by atoms with E-state index in [0.717, 1.165) is 42.7 Å². The molecule has 1 N–H and O–H groups in total. The number of aromatic nitrogens is 1. The lowest BCUT2D eigenvalue weighted by atomic mass is 10.2. The second-order valence-electron chi connectivity index (χ2n) is 4.62. The summed E-state index contributed by atoms with van der Waals surface area (Å²) < 4.78 is 5.82. The molecule has 2 aromatic rings. The molecule has 1 aliphatic heterocycles. The van der Waals surface area contributed by atoms with Crippen molar-refractivity contribution in [1.29, 1.82) is 0 Å². The van der Waals surface area contributed by atoms with E-state index in [-0.39, 0.29) is 0 Å². The Balaban J connectivity index is 1.70. The van der Waals surface area contributed by atoms with Crippen LogP contribution in [-0.4, -0.2) is 35.6 Å². The number of nitrogens with one attached hydrogen (secondary N) is 1. The van der Waals surface area contributed by atoms with Crippen LogP contribution in [0.2, 0.25) is 0 Å². The van der Waals surface area contributed by atoms with Gasteiger partial charge >= 0.3 is 0 Å². The van der Waals surface area contributed by atoms with E-state index in [0.29, 0.717) is 6.04 Å². The van der Waals surface area contributed by atoms with E-state index in [4.69, 9.17) is 4.42 Å². The van der Waals surface area contributed by atoms with Crippen molar-refractivity contribution < 1.29 is 4.42 Å². The maximum absolute atomic E-state index is 5.82. The standard InChI is InChI=1S/C13H17N3OS/c1-10-7-14-4-5-16(10)9-13-15-8-11(17-13)12-3-2-6-18-12/h2-3,6,8,10,14H,4-5,7,9H2,1H3/t10-/m1/s1. The zero-order valence-corrected chi connectivity index (χ0v) is 11.2. The molecular formula is C13H17N3OS. The maximum Gasteiger partial charge on any atom is 0.209 e. The highest BCUT2D eigenvalue weighted by molar-refractivity contribution is 7.13. The Hall–Kier alpha value is -1.17. The number of oxazole rings is 1. The normalized spacial score (nSPS) is 21.3. The average molecular weight is 263 g/mol. The summed E-state index contributed by atoms with van der Waals surface area (Å²) in [6, 6.07) is 4.62. The third kappa shape index (κ3) is 2.48. The average Bonchev–Trinajstić information content (AvgIpc) is 3.02. The summed E-state index contributed by atoms with van der Waals surface area (Å²) in [5.41, 5.74) is 0. The van der Waals surface area contributed by atoms with E-state index in [1.165, 1.54) is 0 Å². The summed E-state index contributed by atoms with van der Waals surface area (Å²) in [5.74, 6) is 1.69. The van der Waals surface area contributed by atoms with Gasteiger partial charge in [0.2, 0.25) is 5.89 Å². The summed E-state index contributed by atoms with van der Waals surface area (Å²) in [6.45, 7) is 6.17. The van der Waals surface area contributed by atoms with Gasteiger partial charge in [-0.25, -0.2) is 4.98 Å². The minimum absolute atomic E-state index is 0.538. The van der Waals surface area contributed by atoms with Crippen molar-refractivity contribution >= 4 is 11.3 Å². The molecule has 0 saturated carbocycles. The molecule has 2 aromatic heterocycles. The molecule has 1 saturated heterocycles. The first kappa shape index (κ1) is 11.9. The van der Waals surface area contributed by atoms with Gasteiger partial charge in [0, 0.05) is 25.7 Å². The third-order valence-electron chi connectivity index (χ3n) is 3.29. The van der Waals surface area contributed by atoms with Gasteiger partial charge in [-0.15, -0.1) is 11.3 Å². The van der Waals surface area contributed by atoms with Crippen molar-refractivity contribution in [2.45, 2.75) is 19.5 Å². The molecule has 1 atom stereocenters. The lowest BCUT2D eigenvalue weighted by Gasteiger charge is -2.32. The van der Waals surface area contributed by atoms with Crippen LogP contribution in [-0.2, 0) is 6.54 Å². The van der Waals surface area contributed by atoms with E-state index in [9.17, 15) is 0 Å². The van der Waals surface area contributed by atoms with Crippen molar-refractivity contribution in [2.24, 2.45) is 0 Å². The third-order valence-corrected chi connectivity index (χ3v) is 4.18. The lowest BCUT2D eigenvalue weighted by molar-refractivity contribution is 0.151. The molecule has 3 heterocycles. The number of piperazine rings is 1. The van der Waals surface area contributed by atoms with Crippen LogP contribution in [0.4, 0.5) is 0 Å². The summed E-state index contributed by atoms with van der Waals surface area (Å²) in [5, 5.41) is 5.44. The molecular weight excluding hydrogens is 246 g/mol. The van der Waals surface area contributed by atoms with Gasteiger partial charge in [-0.05, 0) is 18.4 Å². The number of thiophene rings is 1. The van der Waals surface area contributed by atoms with Crippen molar-refractivity contribution in [1.82, 2.24) is 15.2 Å². The molecule has 96 valence electrons. The Kier molecular flexibility index (Phi) is 3.45. The summed E-state index contributed by atoms with van der Waals surface area (Å²) in [7, 11) is 0. The molecule has 3 rings (SSSR count). The largest absolute Gasteiger partial charge is 0.438 e. The molecule has 1 aliphatic rings. The van der Waals surface area contributed by atoms with Crippen LogP contribution in [0.5, 0.6) is 0 Å². The van der Waals surface area contributed by atoms with Crippen LogP contribution in [0, 0.1) is 0 Å². The Morgan fingerprint density at radius 1 is 1.61 bits per heavy atom. The van der Waals surface area contributed by atoms with E-state index in [1.54, 1.807) is 11.3 Å². The monoisotopic (exact) mass is 263 g/mol. The summed E-state index contributed by atoms with van der Waals surface area (Å²) >= 11 is 1.68. The first-order chi connectivity index (χ1) is 8.83. The van der Waals surface area contributed by atoms with Gasteiger partial charge in [0.05, 0.1) is 17.6 Å². The minimum Gasteiger partial charge on any atom is -0.438 e. The lowest BCUT2D eigenvalue weighted by Crippen LogP contribution is -2.49. The highest BCUT2D eigenvalue weighted by Crippen LogP contribution is 2.25. The van der Waals surface area contributed by atoms with E-state index in [1.807, 2.05) is 12.3 Å². The fraction of sp³-hybridized carbons (Fsp3) is 0.462. The molecule has 5 heteroatoms. The highest BCUT2D eigenvalue weighted by Gasteiger charge is 2.20. The Labute approximate surface area is 111 Å². The molecule has 0 bridgehead atoms. The molecule has 0 radical (unpaired) electrons. The van der Waals surface area contributed by atoms with Crippen LogP contribution in [0.1, 0.15) is 12.8 Å². The molecule has 0 aromatic carbocycles. The van der Waals surface area contributed by atoms with Gasteiger partial charge in [0.25, 0.3) is 0 Å². The molecule has 0 unspecified atom stereocenters. The van der Waals surface area contributed by atoms with Crippen LogP contribution >= 0.6 is 11.3 Å². The first-order valence-corrected chi connectivity index (χ1v) is 7.14. The van der Waals surface area contributed by atoms with E-state index >= 15 is 0 Å². The van der Waals surface area contributed by atoms with Crippen molar-refractivity contribution in [3.63, 3.8) is 0 Å². The van der Waals surface area contributed by atoms with Crippen LogP contribution in [0.3, 0.4) is 0 Å². The summed E-state index contributed by atoms with van der Waals surface area (Å²) in [4.78, 5) is 7.92. The van der Waals surface area contributed by atoms with Gasteiger partial charge in [-0.3, -0.25) is 4.90 Å². The predicted molar refractivity (Wildman–Crippen MR) is 72.6 cm³/mol. The van der Waals surface area contributed by atoms with E-state index < -0.39 is 0 Å². The number of hydrogen-bond acceptors (Lipinski definition) is 5. The fourth-order valence-electron chi connectivity index (χ4n) is 2.21. The number of nitrogens with zero attached hydrogens (tertiary/aromatic N) is 2. The predicted octanol–water partition coefficient (Wildman–Crippen LogP) is 2.20. The fourth-order valence-corrected chi connectivity index (χ4v) is 2.88. The Morgan fingerprint density at radius 3 is 3.33 bits per heavy atom. The molecule has 0 spiro atoms. The van der Waals surface area contributed by atoms with Crippen LogP contribution in [0.15, 0.2) is 28.1 Å². The Bertz CT molecular complexity index is 494. The van der Waals surface area contributed by atoms with Crippen molar-refractivity contribution in [2.75, 3.05) is 19.6 Å². The Morgan fingerprint density at radius 2 is 2.56 bits per heavy atom. The van der Waals surface area contributed by atoms with Gasteiger partial charge in [-0.1, -0.05) is 6.07 Å². The smallest absolute Gasteiger partial charge is 0.209 e.